The normalized spacial score (nSPS) is 12.9. The highest BCUT2D eigenvalue weighted by Crippen LogP contribution is 2.22. The standard InChI is InChI=1S/C19H24N2O3S/c1-12(2)21(13(3)4)19(23)14(5)24-18(22)11-10-17-20-15-8-6-7-9-16(15)25-17/h6-14H,1-5H3/b11-10+/t14-/m1/s1. The lowest BCUT2D eigenvalue weighted by Gasteiger charge is -2.32. The maximum atomic E-state index is 12.5. The summed E-state index contributed by atoms with van der Waals surface area (Å²) in [6.45, 7) is 9.38. The third-order valence-corrected chi connectivity index (χ3v) is 4.68. The number of carbonyl (C=O) groups is 2. The molecule has 0 fully saturated rings. The molecular weight excluding hydrogens is 336 g/mol. The number of para-hydroxylation sites is 1. The van der Waals surface area contributed by atoms with Gasteiger partial charge < -0.3 is 9.64 Å². The molecule has 1 aromatic heterocycles. The predicted octanol–water partition coefficient (Wildman–Crippen LogP) is 3.89. The smallest absolute Gasteiger partial charge is 0.331 e. The van der Waals surface area contributed by atoms with Crippen LogP contribution in [-0.2, 0) is 14.3 Å². The van der Waals surface area contributed by atoms with Crippen LogP contribution in [0.5, 0.6) is 0 Å². The summed E-state index contributed by atoms with van der Waals surface area (Å²) in [6.07, 6.45) is 2.11. The van der Waals surface area contributed by atoms with Crippen LogP contribution >= 0.6 is 11.3 Å². The highest BCUT2D eigenvalue weighted by atomic mass is 32.1. The van der Waals surface area contributed by atoms with Crippen LogP contribution in [0, 0.1) is 0 Å². The molecule has 5 nitrogen and oxygen atoms in total. The zero-order valence-corrected chi connectivity index (χ0v) is 16.0. The Balaban J connectivity index is 1.99. The van der Waals surface area contributed by atoms with Crippen molar-refractivity contribution in [2.24, 2.45) is 0 Å². The number of rotatable bonds is 6. The van der Waals surface area contributed by atoms with Gasteiger partial charge in [-0.2, -0.15) is 0 Å². The molecule has 2 rings (SSSR count). The number of fused-ring (bicyclic) bond motifs is 1. The number of hydrogen-bond acceptors (Lipinski definition) is 5. The summed E-state index contributed by atoms with van der Waals surface area (Å²) in [5.41, 5.74) is 0.897. The molecule has 0 spiro atoms. The summed E-state index contributed by atoms with van der Waals surface area (Å²) < 4.78 is 6.31. The molecule has 25 heavy (non-hydrogen) atoms. The number of nitrogens with zero attached hydrogens (tertiary/aromatic N) is 2. The van der Waals surface area contributed by atoms with Crippen LogP contribution in [0.2, 0.25) is 0 Å². The van der Waals surface area contributed by atoms with Gasteiger partial charge >= 0.3 is 5.97 Å². The molecule has 0 saturated carbocycles. The van der Waals surface area contributed by atoms with Gasteiger partial charge in [0.25, 0.3) is 5.91 Å². The molecule has 2 aromatic rings. The number of esters is 1. The fraction of sp³-hybridized carbons (Fsp3) is 0.421. The number of thiazole rings is 1. The predicted molar refractivity (Wildman–Crippen MR) is 101 cm³/mol. The first kappa shape index (κ1) is 19.1. The number of hydrogen-bond donors (Lipinski definition) is 0. The van der Waals surface area contributed by atoms with Gasteiger partial charge in [0.05, 0.1) is 10.2 Å². The van der Waals surface area contributed by atoms with E-state index in [1.807, 2.05) is 52.0 Å². The van der Waals surface area contributed by atoms with Gasteiger partial charge in [0.2, 0.25) is 0 Å². The SMILES string of the molecule is CC(C)N(C(=O)[C@@H](C)OC(=O)/C=C/c1nc2ccccc2s1)C(C)C. The van der Waals surface area contributed by atoms with Gasteiger partial charge in [0.1, 0.15) is 5.01 Å². The summed E-state index contributed by atoms with van der Waals surface area (Å²) in [5.74, 6) is -0.737. The van der Waals surface area contributed by atoms with Crippen molar-refractivity contribution in [1.29, 1.82) is 0 Å². The lowest BCUT2D eigenvalue weighted by Crippen LogP contribution is -2.47. The first-order valence-electron chi connectivity index (χ1n) is 8.36. The third-order valence-electron chi connectivity index (χ3n) is 3.68. The number of ether oxygens (including phenoxy) is 1. The van der Waals surface area contributed by atoms with E-state index in [4.69, 9.17) is 4.74 Å². The van der Waals surface area contributed by atoms with E-state index in [2.05, 4.69) is 4.98 Å². The maximum Gasteiger partial charge on any atom is 0.331 e. The van der Waals surface area contributed by atoms with Gasteiger partial charge in [-0.1, -0.05) is 12.1 Å². The van der Waals surface area contributed by atoms with Gasteiger partial charge in [-0.3, -0.25) is 4.79 Å². The molecule has 134 valence electrons. The van der Waals surface area contributed by atoms with E-state index in [-0.39, 0.29) is 18.0 Å². The van der Waals surface area contributed by atoms with Crippen LogP contribution in [0.25, 0.3) is 16.3 Å². The Kier molecular flexibility index (Phi) is 6.31. The van der Waals surface area contributed by atoms with Gasteiger partial charge in [-0.25, -0.2) is 9.78 Å². The molecule has 0 unspecified atom stereocenters. The van der Waals surface area contributed by atoms with Crippen molar-refractivity contribution >= 4 is 39.5 Å². The Bertz CT molecular complexity index is 739. The first-order valence-corrected chi connectivity index (χ1v) is 9.17. The molecule has 0 aliphatic heterocycles. The molecule has 0 bridgehead atoms. The van der Waals surface area contributed by atoms with Crippen LogP contribution < -0.4 is 0 Å². The van der Waals surface area contributed by atoms with Gasteiger partial charge in [-0.15, -0.1) is 11.3 Å². The molecule has 6 heteroatoms. The van der Waals surface area contributed by atoms with Crippen molar-refractivity contribution in [2.45, 2.75) is 52.8 Å². The van der Waals surface area contributed by atoms with Gasteiger partial charge in [0.15, 0.2) is 6.10 Å². The first-order chi connectivity index (χ1) is 11.8. The number of amides is 1. The Morgan fingerprint density at radius 1 is 1.12 bits per heavy atom. The summed E-state index contributed by atoms with van der Waals surface area (Å²) in [5, 5.41) is 0.725. The topological polar surface area (TPSA) is 59.5 Å². The fourth-order valence-corrected chi connectivity index (χ4v) is 3.55. The maximum absolute atomic E-state index is 12.5. The summed E-state index contributed by atoms with van der Waals surface area (Å²) in [6, 6.07) is 7.88. The van der Waals surface area contributed by atoms with E-state index < -0.39 is 12.1 Å². The second kappa shape index (κ2) is 8.25. The van der Waals surface area contributed by atoms with Gasteiger partial charge in [0, 0.05) is 18.2 Å². The minimum Gasteiger partial charge on any atom is -0.449 e. The van der Waals surface area contributed by atoms with Crippen LogP contribution in [0.4, 0.5) is 0 Å². The highest BCUT2D eigenvalue weighted by Gasteiger charge is 2.27. The number of aromatic nitrogens is 1. The molecule has 1 aromatic carbocycles. The highest BCUT2D eigenvalue weighted by molar-refractivity contribution is 7.19. The van der Waals surface area contributed by atoms with E-state index >= 15 is 0 Å². The number of benzene rings is 1. The fourth-order valence-electron chi connectivity index (χ4n) is 2.68. The van der Waals surface area contributed by atoms with E-state index in [9.17, 15) is 9.59 Å². The zero-order chi connectivity index (χ0) is 18.6. The van der Waals surface area contributed by atoms with E-state index in [0.717, 1.165) is 15.2 Å². The second-order valence-corrected chi connectivity index (χ2v) is 7.43. The average Bonchev–Trinajstić information content (AvgIpc) is 2.95. The van der Waals surface area contributed by atoms with Crippen molar-refractivity contribution in [3.05, 3.63) is 35.3 Å². The Hall–Kier alpha value is -2.21. The van der Waals surface area contributed by atoms with Gasteiger partial charge in [-0.05, 0) is 52.8 Å². The van der Waals surface area contributed by atoms with Crippen molar-refractivity contribution in [3.63, 3.8) is 0 Å². The molecule has 1 amide bonds. The number of carbonyl (C=O) groups excluding carboxylic acids is 2. The molecular formula is C19H24N2O3S. The molecule has 0 aliphatic carbocycles. The van der Waals surface area contributed by atoms with Crippen LogP contribution in [-0.4, -0.2) is 39.9 Å². The molecule has 0 saturated heterocycles. The van der Waals surface area contributed by atoms with E-state index in [1.165, 1.54) is 17.4 Å². The Morgan fingerprint density at radius 2 is 1.76 bits per heavy atom. The van der Waals surface area contributed by atoms with Crippen molar-refractivity contribution < 1.29 is 14.3 Å². The Morgan fingerprint density at radius 3 is 2.36 bits per heavy atom. The van der Waals surface area contributed by atoms with Crippen molar-refractivity contribution in [1.82, 2.24) is 9.88 Å². The van der Waals surface area contributed by atoms with E-state index in [0.29, 0.717) is 0 Å². The minimum absolute atomic E-state index is 0.0481. The minimum atomic E-state index is -0.822. The summed E-state index contributed by atoms with van der Waals surface area (Å²) in [4.78, 5) is 30.6. The third kappa shape index (κ3) is 4.89. The molecule has 0 radical (unpaired) electrons. The molecule has 1 atom stereocenters. The second-order valence-electron chi connectivity index (χ2n) is 6.37. The quantitative estimate of drug-likeness (QED) is 0.579. The molecule has 1 heterocycles. The van der Waals surface area contributed by atoms with E-state index in [1.54, 1.807) is 17.9 Å². The van der Waals surface area contributed by atoms with Crippen molar-refractivity contribution in [2.75, 3.05) is 0 Å². The monoisotopic (exact) mass is 360 g/mol. The average molecular weight is 360 g/mol. The summed E-state index contributed by atoms with van der Waals surface area (Å²) >= 11 is 1.50. The Labute approximate surface area is 152 Å². The molecule has 0 aliphatic rings. The molecule has 0 N–H and O–H groups in total. The lowest BCUT2D eigenvalue weighted by molar-refractivity contribution is -0.157. The van der Waals surface area contributed by atoms with Crippen LogP contribution in [0.1, 0.15) is 39.6 Å². The van der Waals surface area contributed by atoms with Crippen LogP contribution in [0.3, 0.4) is 0 Å². The van der Waals surface area contributed by atoms with Crippen LogP contribution in [0.15, 0.2) is 30.3 Å². The largest absolute Gasteiger partial charge is 0.449 e. The lowest BCUT2D eigenvalue weighted by atomic mass is 10.2. The summed E-state index contributed by atoms with van der Waals surface area (Å²) in [7, 11) is 0. The zero-order valence-electron chi connectivity index (χ0n) is 15.2. The van der Waals surface area contributed by atoms with Crippen molar-refractivity contribution in [3.8, 4) is 0 Å².